The van der Waals surface area contributed by atoms with Crippen molar-refractivity contribution in [2.75, 3.05) is 17.3 Å². The molecule has 0 spiro atoms. The van der Waals surface area contributed by atoms with E-state index in [1.54, 1.807) is 23.4 Å². The largest absolute Gasteiger partial charge is 0.345 e. The fraction of sp³-hybridized carbons (Fsp3) is 0.200. The number of anilines is 1. The van der Waals surface area contributed by atoms with E-state index in [1.807, 2.05) is 24.3 Å². The number of benzene rings is 1. The van der Waals surface area contributed by atoms with Crippen LogP contribution in [0.4, 0.5) is 5.69 Å². The molecule has 0 saturated carbocycles. The zero-order valence-electron chi connectivity index (χ0n) is 11.1. The number of hydrogen-bond donors (Lipinski definition) is 1. The minimum Gasteiger partial charge on any atom is -0.345 e. The van der Waals surface area contributed by atoms with Crippen molar-refractivity contribution >= 4 is 23.2 Å². The van der Waals surface area contributed by atoms with E-state index in [9.17, 15) is 4.79 Å². The Bertz CT molecular complexity index is 563. The summed E-state index contributed by atoms with van der Waals surface area (Å²) in [6.45, 7) is 4.15. The number of aromatic amines is 1. The highest BCUT2D eigenvalue weighted by molar-refractivity contribution is 6.19. The van der Waals surface area contributed by atoms with E-state index in [-0.39, 0.29) is 5.91 Å². The third-order valence-corrected chi connectivity index (χ3v) is 3.06. The van der Waals surface area contributed by atoms with Crippen molar-refractivity contribution in [2.45, 2.75) is 6.42 Å². The number of imidazole rings is 1. The van der Waals surface area contributed by atoms with Crippen LogP contribution in [0.1, 0.15) is 6.42 Å². The molecule has 4 nitrogen and oxygen atoms in total. The molecule has 5 heteroatoms. The van der Waals surface area contributed by atoms with Gasteiger partial charge in [-0.15, -0.1) is 18.2 Å². The predicted octanol–water partition coefficient (Wildman–Crippen LogP) is 3.22. The summed E-state index contributed by atoms with van der Waals surface area (Å²) < 4.78 is 0. The molecule has 20 heavy (non-hydrogen) atoms. The Morgan fingerprint density at radius 2 is 2.15 bits per heavy atom. The first kappa shape index (κ1) is 14.3. The number of halogens is 1. The van der Waals surface area contributed by atoms with Crippen molar-refractivity contribution in [2.24, 2.45) is 0 Å². The summed E-state index contributed by atoms with van der Waals surface area (Å²) in [5.41, 5.74) is 1.80. The number of H-pyrrole nitrogens is 1. The van der Waals surface area contributed by atoms with Gasteiger partial charge in [-0.3, -0.25) is 4.79 Å². The highest BCUT2D eigenvalue weighted by Crippen LogP contribution is 2.21. The van der Waals surface area contributed by atoms with Gasteiger partial charge in [-0.25, -0.2) is 4.98 Å². The maximum atomic E-state index is 12.0. The highest BCUT2D eigenvalue weighted by Gasteiger charge is 2.13. The van der Waals surface area contributed by atoms with Crippen molar-refractivity contribution in [3.63, 3.8) is 0 Å². The SMILES string of the molecule is C=CCN(C(=O)CCCl)c1ccc(-c2ncc[nH]2)cc1. The van der Waals surface area contributed by atoms with Crippen molar-refractivity contribution in [1.82, 2.24) is 9.97 Å². The zero-order chi connectivity index (χ0) is 14.4. The first-order chi connectivity index (χ1) is 9.76. The van der Waals surface area contributed by atoms with Crippen molar-refractivity contribution in [1.29, 1.82) is 0 Å². The first-order valence-corrected chi connectivity index (χ1v) is 6.86. The van der Waals surface area contributed by atoms with E-state index in [0.717, 1.165) is 17.1 Å². The Morgan fingerprint density at radius 1 is 1.40 bits per heavy atom. The molecule has 1 amide bonds. The summed E-state index contributed by atoms with van der Waals surface area (Å²) in [5.74, 6) is 1.11. The van der Waals surface area contributed by atoms with Gasteiger partial charge >= 0.3 is 0 Å². The summed E-state index contributed by atoms with van der Waals surface area (Å²) in [6.07, 6.45) is 5.50. The lowest BCUT2D eigenvalue weighted by Gasteiger charge is -2.21. The Kier molecular flexibility index (Phi) is 4.96. The molecule has 0 saturated heterocycles. The van der Waals surface area contributed by atoms with Crippen LogP contribution in [0, 0.1) is 0 Å². The maximum absolute atomic E-state index is 12.0. The van der Waals surface area contributed by atoms with Gasteiger partial charge in [0.15, 0.2) is 0 Å². The van der Waals surface area contributed by atoms with Crippen LogP contribution >= 0.6 is 11.6 Å². The number of nitrogens with one attached hydrogen (secondary N) is 1. The fourth-order valence-corrected chi connectivity index (χ4v) is 2.08. The molecule has 0 aliphatic rings. The highest BCUT2D eigenvalue weighted by atomic mass is 35.5. The summed E-state index contributed by atoms with van der Waals surface area (Å²) in [6, 6.07) is 7.65. The molecule has 1 aromatic carbocycles. The van der Waals surface area contributed by atoms with E-state index in [4.69, 9.17) is 11.6 Å². The molecule has 0 aliphatic heterocycles. The van der Waals surface area contributed by atoms with Crippen molar-refractivity contribution < 1.29 is 4.79 Å². The number of amides is 1. The Hall–Kier alpha value is -2.07. The van der Waals surface area contributed by atoms with Crippen LogP contribution in [-0.4, -0.2) is 28.3 Å². The van der Waals surface area contributed by atoms with Gasteiger partial charge in [0.2, 0.25) is 5.91 Å². The summed E-state index contributed by atoms with van der Waals surface area (Å²) in [7, 11) is 0. The average molecular weight is 290 g/mol. The minimum atomic E-state index is -0.00866. The van der Waals surface area contributed by atoms with Crippen LogP contribution in [0.25, 0.3) is 11.4 Å². The van der Waals surface area contributed by atoms with Crippen LogP contribution in [-0.2, 0) is 4.79 Å². The maximum Gasteiger partial charge on any atom is 0.228 e. The minimum absolute atomic E-state index is 0.00866. The number of hydrogen-bond acceptors (Lipinski definition) is 2. The topological polar surface area (TPSA) is 49.0 Å². The lowest BCUT2D eigenvalue weighted by Crippen LogP contribution is -2.31. The van der Waals surface area contributed by atoms with Gasteiger partial charge in [-0.2, -0.15) is 0 Å². The lowest BCUT2D eigenvalue weighted by atomic mass is 10.1. The molecule has 2 rings (SSSR count). The standard InChI is InChI=1S/C15H16ClN3O/c1-2-11-19(14(20)7-8-16)13-5-3-12(4-6-13)15-17-9-10-18-15/h2-6,9-10H,1,7-8,11H2,(H,17,18). The van der Waals surface area contributed by atoms with Crippen LogP contribution in [0.5, 0.6) is 0 Å². The molecule has 104 valence electrons. The van der Waals surface area contributed by atoms with Crippen LogP contribution in [0.3, 0.4) is 0 Å². The van der Waals surface area contributed by atoms with Gasteiger partial charge < -0.3 is 9.88 Å². The molecule has 1 aromatic heterocycles. The lowest BCUT2D eigenvalue weighted by molar-refractivity contribution is -0.118. The third kappa shape index (κ3) is 3.27. The molecule has 0 atom stereocenters. The molecule has 0 radical (unpaired) electrons. The second-order valence-corrected chi connectivity index (χ2v) is 4.59. The van der Waals surface area contributed by atoms with Gasteiger partial charge in [0.05, 0.1) is 0 Å². The quantitative estimate of drug-likeness (QED) is 0.656. The summed E-state index contributed by atoms with van der Waals surface area (Å²) in [5, 5.41) is 0. The molecule has 0 aliphatic carbocycles. The number of carbonyl (C=O) groups excluding carboxylic acids is 1. The zero-order valence-corrected chi connectivity index (χ0v) is 11.8. The smallest absolute Gasteiger partial charge is 0.228 e. The molecule has 1 heterocycles. The number of carbonyl (C=O) groups is 1. The Balaban J connectivity index is 2.21. The number of rotatable bonds is 6. The van der Waals surface area contributed by atoms with E-state index in [2.05, 4.69) is 16.5 Å². The Labute approximate surface area is 123 Å². The van der Waals surface area contributed by atoms with E-state index in [0.29, 0.717) is 18.8 Å². The van der Waals surface area contributed by atoms with E-state index >= 15 is 0 Å². The number of alkyl halides is 1. The molecule has 0 fully saturated rings. The average Bonchev–Trinajstić information content (AvgIpc) is 2.99. The second-order valence-electron chi connectivity index (χ2n) is 4.22. The van der Waals surface area contributed by atoms with E-state index in [1.165, 1.54) is 0 Å². The molecule has 1 N–H and O–H groups in total. The first-order valence-electron chi connectivity index (χ1n) is 6.33. The van der Waals surface area contributed by atoms with E-state index < -0.39 is 0 Å². The van der Waals surface area contributed by atoms with Gasteiger partial charge in [0.1, 0.15) is 5.82 Å². The van der Waals surface area contributed by atoms with Gasteiger partial charge in [0.25, 0.3) is 0 Å². The molecule has 2 aromatic rings. The van der Waals surface area contributed by atoms with Crippen LogP contribution in [0.2, 0.25) is 0 Å². The van der Waals surface area contributed by atoms with Gasteiger partial charge in [0, 0.05) is 42.5 Å². The van der Waals surface area contributed by atoms with Crippen molar-refractivity contribution in [3.05, 3.63) is 49.3 Å². The van der Waals surface area contributed by atoms with Crippen LogP contribution in [0.15, 0.2) is 49.3 Å². The molecule has 0 unspecified atom stereocenters. The van der Waals surface area contributed by atoms with Gasteiger partial charge in [-0.1, -0.05) is 6.08 Å². The number of aromatic nitrogens is 2. The fourth-order valence-electron chi connectivity index (χ4n) is 1.92. The molecule has 0 bridgehead atoms. The van der Waals surface area contributed by atoms with Crippen molar-refractivity contribution in [3.8, 4) is 11.4 Å². The predicted molar refractivity (Wildman–Crippen MR) is 81.9 cm³/mol. The summed E-state index contributed by atoms with van der Waals surface area (Å²) >= 11 is 5.64. The molecular formula is C15H16ClN3O. The van der Waals surface area contributed by atoms with Crippen LogP contribution < -0.4 is 4.90 Å². The van der Waals surface area contributed by atoms with Gasteiger partial charge in [-0.05, 0) is 24.3 Å². The molecular weight excluding hydrogens is 274 g/mol. The Morgan fingerprint density at radius 3 is 2.70 bits per heavy atom. The third-order valence-electron chi connectivity index (χ3n) is 2.87. The number of nitrogens with zero attached hydrogens (tertiary/aromatic N) is 2. The second kappa shape index (κ2) is 6.91. The monoisotopic (exact) mass is 289 g/mol. The summed E-state index contributed by atoms with van der Waals surface area (Å²) in [4.78, 5) is 20.9. The normalized spacial score (nSPS) is 10.2.